The van der Waals surface area contributed by atoms with Crippen LogP contribution < -0.4 is 5.32 Å². The maximum atomic E-state index is 13.4. The van der Waals surface area contributed by atoms with Gasteiger partial charge in [0.05, 0.1) is 5.56 Å². The van der Waals surface area contributed by atoms with Crippen LogP contribution in [0.1, 0.15) is 15.9 Å². The maximum absolute atomic E-state index is 13.4. The molecular formula is C14H9F4NO. The van der Waals surface area contributed by atoms with Crippen LogP contribution in [0.5, 0.6) is 0 Å². The van der Waals surface area contributed by atoms with Gasteiger partial charge in [-0.25, -0.2) is 17.6 Å². The van der Waals surface area contributed by atoms with Gasteiger partial charge in [-0.3, -0.25) is 4.79 Å². The molecule has 6 heteroatoms. The molecule has 0 fully saturated rings. The van der Waals surface area contributed by atoms with Crippen LogP contribution in [0.15, 0.2) is 36.4 Å². The van der Waals surface area contributed by atoms with E-state index >= 15 is 0 Å². The summed E-state index contributed by atoms with van der Waals surface area (Å²) < 4.78 is 52.1. The Morgan fingerprint density at radius 2 is 1.60 bits per heavy atom. The Balaban J connectivity index is 2.18. The van der Waals surface area contributed by atoms with Crippen molar-refractivity contribution in [2.75, 3.05) is 0 Å². The number of nitrogens with one attached hydrogen (secondary N) is 1. The van der Waals surface area contributed by atoms with Crippen molar-refractivity contribution in [3.8, 4) is 0 Å². The summed E-state index contributed by atoms with van der Waals surface area (Å²) in [5, 5.41) is 2.30. The van der Waals surface area contributed by atoms with Crippen LogP contribution in [0.2, 0.25) is 0 Å². The third-order valence-corrected chi connectivity index (χ3v) is 2.64. The molecular weight excluding hydrogens is 274 g/mol. The number of hydrogen-bond acceptors (Lipinski definition) is 1. The fourth-order valence-electron chi connectivity index (χ4n) is 1.61. The summed E-state index contributed by atoms with van der Waals surface area (Å²) in [6, 6.07) is 8.99. The predicted molar refractivity (Wildman–Crippen MR) is 63.9 cm³/mol. The van der Waals surface area contributed by atoms with Gasteiger partial charge in [0.1, 0.15) is 0 Å². The Labute approximate surface area is 112 Å². The minimum absolute atomic E-state index is 0.0553. The van der Waals surface area contributed by atoms with Crippen molar-refractivity contribution in [2.24, 2.45) is 0 Å². The SMILES string of the molecule is O=C(NCc1ccccc1)c1cc(F)c(F)c(F)c1F. The minimum Gasteiger partial charge on any atom is -0.348 e. The third kappa shape index (κ3) is 2.79. The highest BCUT2D eigenvalue weighted by Crippen LogP contribution is 2.18. The van der Waals surface area contributed by atoms with Crippen molar-refractivity contribution in [3.05, 3.63) is 70.8 Å². The van der Waals surface area contributed by atoms with Crippen LogP contribution in [-0.4, -0.2) is 5.91 Å². The molecule has 1 N–H and O–H groups in total. The Hall–Kier alpha value is -2.37. The van der Waals surface area contributed by atoms with Crippen LogP contribution in [0.3, 0.4) is 0 Å². The Morgan fingerprint density at radius 3 is 2.25 bits per heavy atom. The second-order valence-electron chi connectivity index (χ2n) is 4.02. The first-order chi connectivity index (χ1) is 9.50. The number of amides is 1. The quantitative estimate of drug-likeness (QED) is 0.523. The third-order valence-electron chi connectivity index (χ3n) is 2.64. The number of hydrogen-bond donors (Lipinski definition) is 1. The van der Waals surface area contributed by atoms with Crippen LogP contribution in [0.4, 0.5) is 17.6 Å². The first kappa shape index (κ1) is 14.0. The molecule has 0 saturated carbocycles. The minimum atomic E-state index is -2.00. The van der Waals surface area contributed by atoms with E-state index in [0.29, 0.717) is 6.07 Å². The van der Waals surface area contributed by atoms with E-state index in [0.717, 1.165) is 5.56 Å². The monoisotopic (exact) mass is 283 g/mol. The lowest BCUT2D eigenvalue weighted by Gasteiger charge is -2.07. The van der Waals surface area contributed by atoms with E-state index in [1.165, 1.54) is 0 Å². The van der Waals surface area contributed by atoms with Gasteiger partial charge in [-0.1, -0.05) is 30.3 Å². The average molecular weight is 283 g/mol. The van der Waals surface area contributed by atoms with Gasteiger partial charge in [-0.2, -0.15) is 0 Å². The van der Waals surface area contributed by atoms with E-state index in [1.807, 2.05) is 0 Å². The van der Waals surface area contributed by atoms with E-state index in [4.69, 9.17) is 0 Å². The zero-order chi connectivity index (χ0) is 14.7. The summed E-state index contributed by atoms with van der Waals surface area (Å²) in [6.07, 6.45) is 0. The molecule has 104 valence electrons. The molecule has 0 atom stereocenters. The van der Waals surface area contributed by atoms with Crippen LogP contribution in [-0.2, 0) is 6.54 Å². The molecule has 2 aromatic carbocycles. The van der Waals surface area contributed by atoms with Gasteiger partial charge >= 0.3 is 0 Å². The molecule has 0 bridgehead atoms. The molecule has 0 aromatic heterocycles. The number of halogens is 4. The lowest BCUT2D eigenvalue weighted by molar-refractivity contribution is 0.0944. The van der Waals surface area contributed by atoms with Gasteiger partial charge in [0.25, 0.3) is 5.91 Å². The van der Waals surface area contributed by atoms with E-state index in [1.54, 1.807) is 30.3 Å². The second-order valence-corrected chi connectivity index (χ2v) is 4.02. The molecule has 0 heterocycles. The first-order valence-electron chi connectivity index (χ1n) is 5.66. The van der Waals surface area contributed by atoms with Gasteiger partial charge in [0, 0.05) is 6.54 Å². The number of carbonyl (C=O) groups is 1. The number of carbonyl (C=O) groups excluding carboxylic acids is 1. The fraction of sp³-hybridized carbons (Fsp3) is 0.0714. The van der Waals surface area contributed by atoms with Gasteiger partial charge in [0.15, 0.2) is 23.3 Å². The van der Waals surface area contributed by atoms with Crippen molar-refractivity contribution in [1.29, 1.82) is 0 Å². The molecule has 1 amide bonds. The van der Waals surface area contributed by atoms with Crippen molar-refractivity contribution in [3.63, 3.8) is 0 Å². The Morgan fingerprint density at radius 1 is 0.950 bits per heavy atom. The molecule has 2 rings (SSSR count). The van der Waals surface area contributed by atoms with E-state index in [2.05, 4.69) is 5.32 Å². The Kier molecular flexibility index (Phi) is 4.02. The highest BCUT2D eigenvalue weighted by Gasteiger charge is 2.22. The smallest absolute Gasteiger partial charge is 0.254 e. The van der Waals surface area contributed by atoms with Crippen molar-refractivity contribution in [2.45, 2.75) is 6.54 Å². The fourth-order valence-corrected chi connectivity index (χ4v) is 1.61. The summed E-state index contributed by atoms with van der Waals surface area (Å²) in [4.78, 5) is 11.6. The second kappa shape index (κ2) is 5.73. The normalized spacial score (nSPS) is 10.4. The molecule has 0 aliphatic heterocycles. The largest absolute Gasteiger partial charge is 0.348 e. The summed E-state index contributed by atoms with van der Waals surface area (Å²) in [5.74, 6) is -8.30. The molecule has 20 heavy (non-hydrogen) atoms. The van der Waals surface area contributed by atoms with E-state index < -0.39 is 34.7 Å². The maximum Gasteiger partial charge on any atom is 0.254 e. The molecule has 0 radical (unpaired) electrons. The van der Waals surface area contributed by atoms with Crippen LogP contribution >= 0.6 is 0 Å². The zero-order valence-electron chi connectivity index (χ0n) is 10.1. The van der Waals surface area contributed by atoms with Gasteiger partial charge in [0.2, 0.25) is 0 Å². The molecule has 0 saturated heterocycles. The first-order valence-corrected chi connectivity index (χ1v) is 5.66. The number of benzene rings is 2. The molecule has 0 spiro atoms. The lowest BCUT2D eigenvalue weighted by Crippen LogP contribution is -2.24. The zero-order valence-corrected chi connectivity index (χ0v) is 10.1. The van der Waals surface area contributed by atoms with Gasteiger partial charge in [-0.05, 0) is 11.6 Å². The van der Waals surface area contributed by atoms with Crippen molar-refractivity contribution >= 4 is 5.91 Å². The van der Waals surface area contributed by atoms with Crippen molar-refractivity contribution < 1.29 is 22.4 Å². The summed E-state index contributed by atoms with van der Waals surface area (Å²) >= 11 is 0. The standard InChI is InChI=1S/C14H9F4NO/c15-10-6-9(11(16)13(18)12(10)17)14(20)19-7-8-4-2-1-3-5-8/h1-6H,7H2,(H,19,20). The Bertz CT molecular complexity index is 643. The molecule has 2 nitrogen and oxygen atoms in total. The molecule has 0 aliphatic carbocycles. The highest BCUT2D eigenvalue weighted by molar-refractivity contribution is 5.94. The predicted octanol–water partition coefficient (Wildman–Crippen LogP) is 3.17. The van der Waals surface area contributed by atoms with Crippen LogP contribution in [0, 0.1) is 23.3 Å². The van der Waals surface area contributed by atoms with Gasteiger partial charge in [-0.15, -0.1) is 0 Å². The molecule has 0 aliphatic rings. The summed E-state index contributed by atoms with van der Waals surface area (Å²) in [7, 11) is 0. The van der Waals surface area contributed by atoms with Gasteiger partial charge < -0.3 is 5.32 Å². The van der Waals surface area contributed by atoms with Crippen molar-refractivity contribution in [1.82, 2.24) is 5.32 Å². The average Bonchev–Trinajstić information content (AvgIpc) is 2.47. The summed E-state index contributed by atoms with van der Waals surface area (Å²) in [6.45, 7) is 0.0553. The molecule has 0 unspecified atom stereocenters. The molecule has 2 aromatic rings. The van der Waals surface area contributed by atoms with E-state index in [-0.39, 0.29) is 6.54 Å². The van der Waals surface area contributed by atoms with Crippen LogP contribution in [0.25, 0.3) is 0 Å². The highest BCUT2D eigenvalue weighted by atomic mass is 19.2. The number of rotatable bonds is 3. The lowest BCUT2D eigenvalue weighted by atomic mass is 10.1. The van der Waals surface area contributed by atoms with E-state index in [9.17, 15) is 22.4 Å². The topological polar surface area (TPSA) is 29.1 Å². The summed E-state index contributed by atoms with van der Waals surface area (Å²) in [5.41, 5.74) is -0.151.